The van der Waals surface area contributed by atoms with Gasteiger partial charge in [-0.2, -0.15) is 5.26 Å². The molecular weight excluding hydrogens is 214 g/mol. The van der Waals surface area contributed by atoms with E-state index in [9.17, 15) is 4.79 Å². The molecule has 15 heavy (non-hydrogen) atoms. The fraction of sp³-hybridized carbons (Fsp3) is 0.300. The molecule has 0 atom stereocenters. The maximum atomic E-state index is 11.4. The summed E-state index contributed by atoms with van der Waals surface area (Å²) in [4.78, 5) is 15.3. The van der Waals surface area contributed by atoms with E-state index >= 15 is 0 Å². The number of carbonyl (C=O) groups is 1. The summed E-state index contributed by atoms with van der Waals surface area (Å²) in [7, 11) is 0. The first kappa shape index (κ1) is 11.5. The van der Waals surface area contributed by atoms with E-state index < -0.39 is 0 Å². The number of unbranched alkanes of at least 4 members (excludes halogenated alkanes) is 1. The highest BCUT2D eigenvalue weighted by Crippen LogP contribution is 2.07. The van der Waals surface area contributed by atoms with Gasteiger partial charge in [0.05, 0.1) is 6.07 Å². The van der Waals surface area contributed by atoms with Crippen LogP contribution in [0.15, 0.2) is 18.3 Å². The van der Waals surface area contributed by atoms with E-state index in [0.29, 0.717) is 30.1 Å². The number of nitrogens with one attached hydrogen (secondary N) is 1. The Hall–Kier alpha value is -1.60. The first-order valence-corrected chi connectivity index (χ1v) is 4.88. The number of nitriles is 1. The molecule has 0 radical (unpaired) electrons. The van der Waals surface area contributed by atoms with Crippen molar-refractivity contribution in [3.63, 3.8) is 0 Å². The zero-order valence-electron chi connectivity index (χ0n) is 8.03. The van der Waals surface area contributed by atoms with Crippen molar-refractivity contribution in [3.8, 4) is 6.07 Å². The zero-order chi connectivity index (χ0) is 11.1. The Labute approximate surface area is 92.9 Å². The summed E-state index contributed by atoms with van der Waals surface area (Å²) < 4.78 is 0. The molecule has 78 valence electrons. The van der Waals surface area contributed by atoms with Crippen LogP contribution in [0.3, 0.4) is 0 Å². The molecule has 1 rings (SSSR count). The fourth-order valence-electron chi connectivity index (χ4n) is 0.989. The van der Waals surface area contributed by atoms with E-state index in [1.54, 1.807) is 6.07 Å². The Morgan fingerprint density at radius 3 is 3.13 bits per heavy atom. The van der Waals surface area contributed by atoms with E-state index in [1.165, 1.54) is 12.3 Å². The molecule has 4 nitrogen and oxygen atoms in total. The minimum Gasteiger partial charge on any atom is -0.351 e. The van der Waals surface area contributed by atoms with Crippen LogP contribution in [0.4, 0.5) is 0 Å². The van der Waals surface area contributed by atoms with Gasteiger partial charge in [-0.25, -0.2) is 0 Å². The first-order chi connectivity index (χ1) is 7.24. The number of amides is 1. The van der Waals surface area contributed by atoms with Gasteiger partial charge in [-0.3, -0.25) is 9.78 Å². The van der Waals surface area contributed by atoms with Crippen molar-refractivity contribution in [2.45, 2.75) is 12.8 Å². The maximum absolute atomic E-state index is 11.4. The smallest absolute Gasteiger partial charge is 0.269 e. The van der Waals surface area contributed by atoms with E-state index in [2.05, 4.69) is 10.3 Å². The number of hydrogen-bond acceptors (Lipinski definition) is 3. The average molecular weight is 224 g/mol. The van der Waals surface area contributed by atoms with E-state index in [4.69, 9.17) is 16.9 Å². The predicted octanol–water partition coefficient (Wildman–Crippen LogP) is 1.77. The van der Waals surface area contributed by atoms with Crippen LogP contribution in [0.2, 0.25) is 5.02 Å². The van der Waals surface area contributed by atoms with Gasteiger partial charge in [-0.1, -0.05) is 11.6 Å². The topological polar surface area (TPSA) is 65.8 Å². The van der Waals surface area contributed by atoms with Crippen LogP contribution in [0.25, 0.3) is 0 Å². The molecule has 0 aromatic carbocycles. The van der Waals surface area contributed by atoms with Crippen LogP contribution in [-0.2, 0) is 0 Å². The molecule has 0 aliphatic carbocycles. The molecule has 1 amide bonds. The van der Waals surface area contributed by atoms with Gasteiger partial charge in [0.2, 0.25) is 0 Å². The van der Waals surface area contributed by atoms with Crippen molar-refractivity contribution >= 4 is 17.5 Å². The van der Waals surface area contributed by atoms with Crippen LogP contribution in [0.1, 0.15) is 23.3 Å². The Morgan fingerprint density at radius 1 is 1.67 bits per heavy atom. The molecule has 1 N–H and O–H groups in total. The van der Waals surface area contributed by atoms with Crippen molar-refractivity contribution in [3.05, 3.63) is 29.0 Å². The SMILES string of the molecule is N#CCCCNC(=O)c1cc(Cl)ccn1. The second-order valence-corrected chi connectivity index (χ2v) is 3.31. The molecule has 1 heterocycles. The van der Waals surface area contributed by atoms with Crippen LogP contribution in [-0.4, -0.2) is 17.4 Å². The number of pyridine rings is 1. The monoisotopic (exact) mass is 223 g/mol. The van der Waals surface area contributed by atoms with E-state index in [-0.39, 0.29) is 5.91 Å². The summed E-state index contributed by atoms with van der Waals surface area (Å²) in [5, 5.41) is 11.4. The van der Waals surface area contributed by atoms with Gasteiger partial charge >= 0.3 is 0 Å². The van der Waals surface area contributed by atoms with Crippen molar-refractivity contribution < 1.29 is 4.79 Å². The second-order valence-electron chi connectivity index (χ2n) is 2.88. The van der Waals surface area contributed by atoms with E-state index in [0.717, 1.165) is 0 Å². The molecule has 0 saturated carbocycles. The van der Waals surface area contributed by atoms with Gasteiger partial charge in [0.25, 0.3) is 5.91 Å². The quantitative estimate of drug-likeness (QED) is 0.792. The number of rotatable bonds is 4. The molecule has 0 saturated heterocycles. The third kappa shape index (κ3) is 3.96. The molecule has 0 spiro atoms. The lowest BCUT2D eigenvalue weighted by Crippen LogP contribution is -2.25. The third-order valence-corrected chi connectivity index (χ3v) is 1.94. The Balaban J connectivity index is 2.44. The lowest BCUT2D eigenvalue weighted by Gasteiger charge is -2.02. The molecule has 0 aliphatic rings. The summed E-state index contributed by atoms with van der Waals surface area (Å²) in [5.41, 5.74) is 0.291. The molecule has 5 heteroatoms. The van der Waals surface area contributed by atoms with Gasteiger partial charge in [-0.05, 0) is 18.6 Å². The van der Waals surface area contributed by atoms with Crippen molar-refractivity contribution in [2.75, 3.05) is 6.54 Å². The Bertz CT molecular complexity index is 386. The molecule has 0 unspecified atom stereocenters. The largest absolute Gasteiger partial charge is 0.351 e. The summed E-state index contributed by atoms with van der Waals surface area (Å²) in [6, 6.07) is 5.11. The predicted molar refractivity (Wildman–Crippen MR) is 56.4 cm³/mol. The fourth-order valence-corrected chi connectivity index (χ4v) is 1.15. The standard InChI is InChI=1S/C10H10ClN3O/c11-8-3-6-13-9(7-8)10(15)14-5-2-1-4-12/h3,6-7H,1-2,5H2,(H,14,15). The first-order valence-electron chi connectivity index (χ1n) is 4.50. The third-order valence-electron chi connectivity index (χ3n) is 1.71. The lowest BCUT2D eigenvalue weighted by molar-refractivity contribution is 0.0948. The van der Waals surface area contributed by atoms with Gasteiger partial charge in [0.15, 0.2) is 0 Å². The molecule has 0 fully saturated rings. The second kappa shape index (κ2) is 5.99. The Morgan fingerprint density at radius 2 is 2.47 bits per heavy atom. The number of nitrogens with zero attached hydrogens (tertiary/aromatic N) is 2. The van der Waals surface area contributed by atoms with Crippen LogP contribution in [0.5, 0.6) is 0 Å². The van der Waals surface area contributed by atoms with Crippen molar-refractivity contribution in [1.82, 2.24) is 10.3 Å². The van der Waals surface area contributed by atoms with Gasteiger partial charge in [-0.15, -0.1) is 0 Å². The number of halogens is 1. The highest BCUT2D eigenvalue weighted by Gasteiger charge is 2.05. The van der Waals surface area contributed by atoms with E-state index in [1.807, 2.05) is 6.07 Å². The maximum Gasteiger partial charge on any atom is 0.269 e. The number of hydrogen-bond donors (Lipinski definition) is 1. The lowest BCUT2D eigenvalue weighted by atomic mass is 10.3. The molecule has 1 aromatic rings. The molecular formula is C10H10ClN3O. The highest BCUT2D eigenvalue weighted by molar-refractivity contribution is 6.30. The summed E-state index contributed by atoms with van der Waals surface area (Å²) in [6.45, 7) is 0.473. The molecule has 0 aliphatic heterocycles. The average Bonchev–Trinajstić information content (AvgIpc) is 2.24. The summed E-state index contributed by atoms with van der Waals surface area (Å²) in [6.07, 6.45) is 2.55. The summed E-state index contributed by atoms with van der Waals surface area (Å²) >= 11 is 5.71. The number of aromatic nitrogens is 1. The molecule has 1 aromatic heterocycles. The minimum absolute atomic E-state index is 0.268. The van der Waals surface area contributed by atoms with Gasteiger partial charge < -0.3 is 5.32 Å². The zero-order valence-corrected chi connectivity index (χ0v) is 8.79. The minimum atomic E-state index is -0.268. The Kier molecular flexibility index (Phi) is 4.58. The summed E-state index contributed by atoms with van der Waals surface area (Å²) in [5.74, 6) is -0.268. The van der Waals surface area contributed by atoms with Crippen LogP contribution in [0, 0.1) is 11.3 Å². The van der Waals surface area contributed by atoms with Gasteiger partial charge in [0, 0.05) is 24.2 Å². The van der Waals surface area contributed by atoms with Crippen LogP contribution >= 0.6 is 11.6 Å². The van der Waals surface area contributed by atoms with Crippen molar-refractivity contribution in [1.29, 1.82) is 5.26 Å². The number of carbonyl (C=O) groups excluding carboxylic acids is 1. The van der Waals surface area contributed by atoms with Crippen LogP contribution < -0.4 is 5.32 Å². The van der Waals surface area contributed by atoms with Gasteiger partial charge in [0.1, 0.15) is 5.69 Å². The molecule has 0 bridgehead atoms. The highest BCUT2D eigenvalue weighted by atomic mass is 35.5. The van der Waals surface area contributed by atoms with Crippen molar-refractivity contribution in [2.24, 2.45) is 0 Å². The normalized spacial score (nSPS) is 9.33.